The van der Waals surface area contributed by atoms with Crippen LogP contribution in [0.25, 0.3) is 0 Å². The SMILES string of the molecule is O=C(Nc1ccc2c(c1)OCO2)c1nnc([C@H]2CCCN(S(=O)(=O)c3cccc(F)c3)C2)s1. The van der Waals surface area contributed by atoms with Gasteiger partial charge >= 0.3 is 0 Å². The number of rotatable bonds is 5. The molecule has 2 aliphatic heterocycles. The average molecular weight is 491 g/mol. The first-order chi connectivity index (χ1) is 15.9. The van der Waals surface area contributed by atoms with Crippen LogP contribution in [0.15, 0.2) is 47.4 Å². The molecule has 0 radical (unpaired) electrons. The lowest BCUT2D eigenvalue weighted by Gasteiger charge is -2.30. The van der Waals surface area contributed by atoms with Gasteiger partial charge in [-0.05, 0) is 43.2 Å². The second kappa shape index (κ2) is 8.69. The number of nitrogens with zero attached hydrogens (tertiary/aromatic N) is 3. The third-order valence-electron chi connectivity index (χ3n) is 5.43. The van der Waals surface area contributed by atoms with E-state index in [4.69, 9.17) is 9.47 Å². The molecule has 1 aromatic heterocycles. The molecule has 2 aliphatic rings. The topological polar surface area (TPSA) is 111 Å². The highest BCUT2D eigenvalue weighted by atomic mass is 32.2. The van der Waals surface area contributed by atoms with Gasteiger partial charge in [-0.1, -0.05) is 17.4 Å². The van der Waals surface area contributed by atoms with Crippen LogP contribution in [0.4, 0.5) is 10.1 Å². The maximum Gasteiger partial charge on any atom is 0.286 e. The van der Waals surface area contributed by atoms with Crippen molar-refractivity contribution >= 4 is 33.0 Å². The molecule has 1 amide bonds. The van der Waals surface area contributed by atoms with Gasteiger partial charge in [-0.2, -0.15) is 4.31 Å². The molecule has 5 rings (SSSR count). The molecule has 2 aromatic carbocycles. The molecule has 0 spiro atoms. The second-order valence-corrected chi connectivity index (χ2v) is 10.6. The van der Waals surface area contributed by atoms with Crippen molar-refractivity contribution in [1.82, 2.24) is 14.5 Å². The van der Waals surface area contributed by atoms with E-state index >= 15 is 0 Å². The van der Waals surface area contributed by atoms with Gasteiger partial charge in [-0.15, -0.1) is 10.2 Å². The number of amides is 1. The highest BCUT2D eigenvalue weighted by Crippen LogP contribution is 2.35. The number of halogens is 1. The molecular formula is C21H19FN4O5S2. The maximum absolute atomic E-state index is 13.6. The van der Waals surface area contributed by atoms with Crippen molar-refractivity contribution in [3.05, 3.63) is 58.3 Å². The molecule has 1 atom stereocenters. The number of benzene rings is 2. The molecule has 1 N–H and O–H groups in total. The molecule has 172 valence electrons. The minimum atomic E-state index is -3.83. The number of anilines is 1. The first kappa shape index (κ1) is 21.7. The molecule has 0 aliphatic carbocycles. The van der Waals surface area contributed by atoms with E-state index in [2.05, 4.69) is 15.5 Å². The smallest absolute Gasteiger partial charge is 0.286 e. The Morgan fingerprint density at radius 3 is 2.85 bits per heavy atom. The van der Waals surface area contributed by atoms with E-state index in [9.17, 15) is 17.6 Å². The zero-order valence-electron chi connectivity index (χ0n) is 17.2. The van der Waals surface area contributed by atoms with E-state index in [1.165, 1.54) is 22.5 Å². The van der Waals surface area contributed by atoms with Gasteiger partial charge in [0.1, 0.15) is 10.8 Å². The molecule has 12 heteroatoms. The standard InChI is InChI=1S/C21H19FN4O5S2/c22-14-4-1-5-16(9-14)33(28,29)26-8-2-3-13(11-26)20-24-25-21(32-20)19(27)23-15-6-7-17-18(10-15)31-12-30-17/h1,4-7,9-10,13H,2-3,8,11-12H2,(H,23,27)/t13-/m0/s1. The number of hydrogen-bond donors (Lipinski definition) is 1. The van der Waals surface area contributed by atoms with Crippen molar-refractivity contribution in [2.24, 2.45) is 0 Å². The summed E-state index contributed by atoms with van der Waals surface area (Å²) in [7, 11) is -3.83. The summed E-state index contributed by atoms with van der Waals surface area (Å²) in [6.45, 7) is 0.669. The molecule has 1 fully saturated rings. The minimum absolute atomic E-state index is 0.0794. The predicted molar refractivity (Wildman–Crippen MR) is 118 cm³/mol. The van der Waals surface area contributed by atoms with Crippen molar-refractivity contribution in [2.45, 2.75) is 23.7 Å². The van der Waals surface area contributed by atoms with E-state index in [1.54, 1.807) is 18.2 Å². The fourth-order valence-corrected chi connectivity index (χ4v) is 6.21. The second-order valence-electron chi connectivity index (χ2n) is 7.63. The Bertz CT molecular complexity index is 1310. The van der Waals surface area contributed by atoms with Crippen LogP contribution in [-0.4, -0.2) is 48.7 Å². The van der Waals surface area contributed by atoms with Crippen molar-refractivity contribution in [3.8, 4) is 11.5 Å². The summed E-state index contributed by atoms with van der Waals surface area (Å²) in [4.78, 5) is 12.6. The monoisotopic (exact) mass is 490 g/mol. The zero-order valence-corrected chi connectivity index (χ0v) is 18.9. The van der Waals surface area contributed by atoms with Crippen molar-refractivity contribution < 1.29 is 27.1 Å². The van der Waals surface area contributed by atoms with Crippen LogP contribution in [0.2, 0.25) is 0 Å². The Kier molecular flexibility index (Phi) is 5.72. The number of fused-ring (bicyclic) bond motifs is 1. The summed E-state index contributed by atoms with van der Waals surface area (Å²) in [5.41, 5.74) is 0.533. The van der Waals surface area contributed by atoms with Crippen LogP contribution in [-0.2, 0) is 10.0 Å². The Morgan fingerprint density at radius 2 is 2.00 bits per heavy atom. The summed E-state index contributed by atoms with van der Waals surface area (Å²) < 4.78 is 51.4. The molecule has 0 unspecified atom stereocenters. The first-order valence-corrected chi connectivity index (χ1v) is 12.5. The Balaban J connectivity index is 1.28. The van der Waals surface area contributed by atoms with E-state index in [0.717, 1.165) is 17.4 Å². The number of hydrogen-bond acceptors (Lipinski definition) is 8. The van der Waals surface area contributed by atoms with Gasteiger partial charge in [-0.25, -0.2) is 12.8 Å². The highest BCUT2D eigenvalue weighted by Gasteiger charge is 2.33. The molecule has 33 heavy (non-hydrogen) atoms. The predicted octanol–water partition coefficient (Wildman–Crippen LogP) is 3.23. The molecule has 1 saturated heterocycles. The number of nitrogens with one attached hydrogen (secondary N) is 1. The normalized spacial score (nSPS) is 18.3. The van der Waals surface area contributed by atoms with Crippen LogP contribution < -0.4 is 14.8 Å². The van der Waals surface area contributed by atoms with E-state index in [0.29, 0.717) is 41.6 Å². The van der Waals surface area contributed by atoms with E-state index in [1.807, 2.05) is 0 Å². The van der Waals surface area contributed by atoms with Gasteiger partial charge in [0.15, 0.2) is 11.5 Å². The molecule has 0 bridgehead atoms. The van der Waals surface area contributed by atoms with Crippen LogP contribution in [0.1, 0.15) is 33.6 Å². The van der Waals surface area contributed by atoms with Gasteiger partial charge in [0, 0.05) is 30.8 Å². The quantitative estimate of drug-likeness (QED) is 0.585. The van der Waals surface area contributed by atoms with Crippen molar-refractivity contribution in [2.75, 3.05) is 25.2 Å². The van der Waals surface area contributed by atoms with Crippen LogP contribution in [0.3, 0.4) is 0 Å². The van der Waals surface area contributed by atoms with Gasteiger partial charge in [-0.3, -0.25) is 4.79 Å². The summed E-state index contributed by atoms with van der Waals surface area (Å²) >= 11 is 1.13. The summed E-state index contributed by atoms with van der Waals surface area (Å²) in [6.07, 6.45) is 1.34. The number of carbonyl (C=O) groups excluding carboxylic acids is 1. The van der Waals surface area contributed by atoms with Gasteiger partial charge < -0.3 is 14.8 Å². The lowest BCUT2D eigenvalue weighted by molar-refractivity contribution is 0.102. The molecule has 9 nitrogen and oxygen atoms in total. The van der Waals surface area contributed by atoms with Crippen LogP contribution >= 0.6 is 11.3 Å². The third kappa shape index (κ3) is 4.41. The number of carbonyl (C=O) groups is 1. The Labute approximate surface area is 193 Å². The largest absolute Gasteiger partial charge is 0.454 e. The number of aromatic nitrogens is 2. The van der Waals surface area contributed by atoms with E-state index < -0.39 is 21.7 Å². The highest BCUT2D eigenvalue weighted by molar-refractivity contribution is 7.89. The lowest BCUT2D eigenvalue weighted by Crippen LogP contribution is -2.39. The number of sulfonamides is 1. The molecular weight excluding hydrogens is 471 g/mol. The Hall–Kier alpha value is -3.09. The lowest BCUT2D eigenvalue weighted by atomic mass is 10.0. The zero-order chi connectivity index (χ0) is 23.0. The van der Waals surface area contributed by atoms with Crippen LogP contribution in [0, 0.1) is 5.82 Å². The van der Waals surface area contributed by atoms with Crippen molar-refractivity contribution in [3.63, 3.8) is 0 Å². The van der Waals surface area contributed by atoms with Crippen molar-refractivity contribution in [1.29, 1.82) is 0 Å². The maximum atomic E-state index is 13.6. The molecule has 3 heterocycles. The van der Waals surface area contributed by atoms with Gasteiger partial charge in [0.05, 0.1) is 4.90 Å². The summed E-state index contributed by atoms with van der Waals surface area (Å²) in [5.74, 6) is -0.0648. The molecule has 0 saturated carbocycles. The third-order valence-corrected chi connectivity index (χ3v) is 8.38. The summed E-state index contributed by atoms with van der Waals surface area (Å²) in [5, 5.41) is 11.7. The van der Waals surface area contributed by atoms with Crippen LogP contribution in [0.5, 0.6) is 11.5 Å². The Morgan fingerprint density at radius 1 is 1.15 bits per heavy atom. The minimum Gasteiger partial charge on any atom is -0.454 e. The number of piperidine rings is 1. The van der Waals surface area contributed by atoms with Gasteiger partial charge in [0.25, 0.3) is 5.91 Å². The summed E-state index contributed by atoms with van der Waals surface area (Å²) in [6, 6.07) is 10.0. The number of ether oxygens (including phenoxy) is 2. The molecule has 3 aromatic rings. The fraction of sp³-hybridized carbons (Fsp3) is 0.286. The first-order valence-electron chi connectivity index (χ1n) is 10.2. The fourth-order valence-electron chi connectivity index (χ4n) is 3.79. The average Bonchev–Trinajstić information content (AvgIpc) is 3.49. The van der Waals surface area contributed by atoms with Gasteiger partial charge in [0.2, 0.25) is 21.8 Å². The van der Waals surface area contributed by atoms with E-state index in [-0.39, 0.29) is 29.2 Å².